The third-order valence-corrected chi connectivity index (χ3v) is 5.41. The van der Waals surface area contributed by atoms with Crippen molar-refractivity contribution in [2.45, 2.75) is 12.5 Å². The molecule has 2 heterocycles. The molecule has 0 spiro atoms. The van der Waals surface area contributed by atoms with E-state index in [0.717, 1.165) is 21.3 Å². The van der Waals surface area contributed by atoms with Gasteiger partial charge in [-0.15, -0.1) is 22.7 Å². The van der Waals surface area contributed by atoms with Gasteiger partial charge in [-0.1, -0.05) is 23.7 Å². The van der Waals surface area contributed by atoms with Gasteiger partial charge in [0.25, 0.3) is 0 Å². The normalized spacial score (nSPS) is 12.9. The summed E-state index contributed by atoms with van der Waals surface area (Å²) in [5, 5.41) is 4.50. The summed E-state index contributed by atoms with van der Waals surface area (Å²) >= 11 is 9.40. The van der Waals surface area contributed by atoms with E-state index in [-0.39, 0.29) is 6.04 Å². The molecule has 2 nitrogen and oxygen atoms in total. The minimum Gasteiger partial charge on any atom is -0.312 e. The summed E-state index contributed by atoms with van der Waals surface area (Å²) < 4.78 is 2.08. The van der Waals surface area contributed by atoms with Crippen LogP contribution in [0.3, 0.4) is 0 Å². The largest absolute Gasteiger partial charge is 0.312 e. The first-order valence-corrected chi connectivity index (χ1v) is 8.04. The summed E-state index contributed by atoms with van der Waals surface area (Å²) in [6, 6.07) is 12.6. The summed E-state index contributed by atoms with van der Waals surface area (Å²) in [4.78, 5) is 5.94. The molecule has 1 N–H and O–H groups in total. The molecule has 19 heavy (non-hydrogen) atoms. The number of nitrogens with zero attached hydrogens (tertiary/aromatic N) is 1. The van der Waals surface area contributed by atoms with Gasteiger partial charge in [0, 0.05) is 17.3 Å². The molecular formula is C14H13ClN2S2. The number of likely N-dealkylation sites (N-methyl/N-ethyl adjacent to an activating group) is 1. The van der Waals surface area contributed by atoms with Crippen LogP contribution in [0.15, 0.2) is 36.4 Å². The fourth-order valence-electron chi connectivity index (χ4n) is 2.04. The molecule has 0 amide bonds. The lowest BCUT2D eigenvalue weighted by Gasteiger charge is -2.12. The molecule has 0 saturated carbocycles. The lowest BCUT2D eigenvalue weighted by molar-refractivity contribution is 0.601. The van der Waals surface area contributed by atoms with Gasteiger partial charge < -0.3 is 5.32 Å². The van der Waals surface area contributed by atoms with Crippen molar-refractivity contribution in [2.24, 2.45) is 0 Å². The van der Waals surface area contributed by atoms with Crippen molar-refractivity contribution in [3.63, 3.8) is 0 Å². The Morgan fingerprint density at radius 1 is 1.21 bits per heavy atom. The van der Waals surface area contributed by atoms with Crippen molar-refractivity contribution in [3.05, 3.63) is 50.6 Å². The zero-order valence-electron chi connectivity index (χ0n) is 10.4. The molecule has 0 aliphatic carbocycles. The highest BCUT2D eigenvalue weighted by atomic mass is 35.5. The molecule has 98 valence electrons. The molecule has 0 aliphatic rings. The summed E-state index contributed by atoms with van der Waals surface area (Å²) in [7, 11) is 1.98. The van der Waals surface area contributed by atoms with E-state index in [1.54, 1.807) is 22.7 Å². The molecule has 0 fully saturated rings. The number of hydrogen-bond donors (Lipinski definition) is 1. The van der Waals surface area contributed by atoms with Gasteiger partial charge in [-0.25, -0.2) is 4.98 Å². The van der Waals surface area contributed by atoms with Crippen LogP contribution in [0, 0.1) is 0 Å². The van der Waals surface area contributed by atoms with Crippen molar-refractivity contribution < 1.29 is 0 Å². The van der Waals surface area contributed by atoms with Crippen molar-refractivity contribution >= 4 is 44.5 Å². The van der Waals surface area contributed by atoms with Gasteiger partial charge >= 0.3 is 0 Å². The lowest BCUT2D eigenvalue weighted by Crippen LogP contribution is -2.17. The number of nitrogens with one attached hydrogen (secondary N) is 1. The number of benzene rings is 1. The van der Waals surface area contributed by atoms with Gasteiger partial charge in [0.15, 0.2) is 0 Å². The third kappa shape index (κ3) is 2.82. The Morgan fingerprint density at radius 2 is 2.05 bits per heavy atom. The second-order valence-electron chi connectivity index (χ2n) is 4.26. The van der Waals surface area contributed by atoms with Crippen molar-refractivity contribution in [3.8, 4) is 0 Å². The summed E-state index contributed by atoms with van der Waals surface area (Å²) in [5.41, 5.74) is 1.08. The molecule has 1 atom stereocenters. The quantitative estimate of drug-likeness (QED) is 0.767. The number of aromatic nitrogens is 1. The van der Waals surface area contributed by atoms with Crippen LogP contribution < -0.4 is 5.32 Å². The van der Waals surface area contributed by atoms with Crippen LogP contribution in [0.25, 0.3) is 10.2 Å². The van der Waals surface area contributed by atoms with E-state index in [4.69, 9.17) is 11.6 Å². The number of thiophene rings is 1. The Morgan fingerprint density at radius 3 is 2.74 bits per heavy atom. The predicted octanol–water partition coefficient (Wildman–Crippen LogP) is 4.51. The first-order valence-electron chi connectivity index (χ1n) is 6.03. The Labute approximate surface area is 125 Å². The number of thiazole rings is 1. The average molecular weight is 309 g/mol. The van der Waals surface area contributed by atoms with E-state index in [9.17, 15) is 0 Å². The molecule has 0 saturated heterocycles. The first-order chi connectivity index (χ1) is 9.26. The van der Waals surface area contributed by atoms with E-state index >= 15 is 0 Å². The van der Waals surface area contributed by atoms with Gasteiger partial charge in [-0.2, -0.15) is 0 Å². The summed E-state index contributed by atoms with van der Waals surface area (Å²) in [5.74, 6) is 0. The van der Waals surface area contributed by atoms with Crippen LogP contribution in [-0.2, 0) is 6.42 Å². The highest BCUT2D eigenvalue weighted by molar-refractivity contribution is 7.18. The molecule has 3 rings (SSSR count). The molecule has 0 bridgehead atoms. The van der Waals surface area contributed by atoms with Crippen LogP contribution in [0.4, 0.5) is 0 Å². The van der Waals surface area contributed by atoms with E-state index in [1.807, 2.05) is 19.2 Å². The Balaban J connectivity index is 1.86. The van der Waals surface area contributed by atoms with Crippen LogP contribution in [0.2, 0.25) is 4.34 Å². The number of fused-ring (bicyclic) bond motifs is 1. The Bertz CT molecular complexity index is 656. The highest BCUT2D eigenvalue weighted by Crippen LogP contribution is 2.31. The van der Waals surface area contributed by atoms with E-state index in [1.165, 1.54) is 9.58 Å². The summed E-state index contributed by atoms with van der Waals surface area (Å²) in [6.45, 7) is 0. The molecular weight excluding hydrogens is 296 g/mol. The van der Waals surface area contributed by atoms with E-state index in [0.29, 0.717) is 0 Å². The van der Waals surface area contributed by atoms with E-state index < -0.39 is 0 Å². The van der Waals surface area contributed by atoms with E-state index in [2.05, 4.69) is 34.6 Å². The Hall–Kier alpha value is -0.940. The van der Waals surface area contributed by atoms with Crippen molar-refractivity contribution in [1.82, 2.24) is 10.3 Å². The minimum absolute atomic E-state index is 0.276. The van der Waals surface area contributed by atoms with Gasteiger partial charge in [-0.3, -0.25) is 0 Å². The van der Waals surface area contributed by atoms with Crippen molar-refractivity contribution in [2.75, 3.05) is 7.05 Å². The monoisotopic (exact) mass is 308 g/mol. The van der Waals surface area contributed by atoms with Gasteiger partial charge in [0.1, 0.15) is 0 Å². The SMILES string of the molecule is CNC(Cc1nc2ccccc2s1)c1ccc(Cl)s1. The van der Waals surface area contributed by atoms with Crippen LogP contribution >= 0.6 is 34.3 Å². The number of rotatable bonds is 4. The fourth-order valence-corrected chi connectivity index (χ4v) is 4.23. The van der Waals surface area contributed by atoms with Crippen LogP contribution in [0.1, 0.15) is 15.9 Å². The number of para-hydroxylation sites is 1. The molecule has 0 radical (unpaired) electrons. The summed E-state index contributed by atoms with van der Waals surface area (Å²) in [6.07, 6.45) is 0.896. The van der Waals surface area contributed by atoms with Gasteiger partial charge in [-0.05, 0) is 31.3 Å². The smallest absolute Gasteiger partial charge is 0.0957 e. The van der Waals surface area contributed by atoms with Crippen molar-refractivity contribution in [1.29, 1.82) is 0 Å². The topological polar surface area (TPSA) is 24.9 Å². The maximum Gasteiger partial charge on any atom is 0.0957 e. The molecule has 0 aliphatic heterocycles. The van der Waals surface area contributed by atoms with Gasteiger partial charge in [0.05, 0.1) is 19.6 Å². The Kier molecular flexibility index (Phi) is 3.84. The van der Waals surface area contributed by atoms with Crippen LogP contribution in [0.5, 0.6) is 0 Å². The predicted molar refractivity (Wildman–Crippen MR) is 84.5 cm³/mol. The molecule has 1 aromatic carbocycles. The highest BCUT2D eigenvalue weighted by Gasteiger charge is 2.15. The van der Waals surface area contributed by atoms with Crippen LogP contribution in [-0.4, -0.2) is 12.0 Å². The minimum atomic E-state index is 0.276. The second-order valence-corrected chi connectivity index (χ2v) is 7.12. The lowest BCUT2D eigenvalue weighted by atomic mass is 10.2. The first kappa shape index (κ1) is 13.1. The third-order valence-electron chi connectivity index (χ3n) is 3.00. The number of hydrogen-bond acceptors (Lipinski definition) is 4. The molecule has 2 aromatic heterocycles. The number of halogens is 1. The second kappa shape index (κ2) is 5.59. The fraction of sp³-hybridized carbons (Fsp3) is 0.214. The maximum atomic E-state index is 6.01. The maximum absolute atomic E-state index is 6.01. The zero-order valence-corrected chi connectivity index (χ0v) is 12.8. The molecule has 1 unspecified atom stereocenters. The average Bonchev–Trinajstić information content (AvgIpc) is 3.01. The van der Waals surface area contributed by atoms with Gasteiger partial charge in [0.2, 0.25) is 0 Å². The molecule has 5 heteroatoms. The molecule has 3 aromatic rings. The zero-order chi connectivity index (χ0) is 13.2. The standard InChI is InChI=1S/C14H13ClN2S2/c1-16-10(12-6-7-13(15)18-12)8-14-17-9-4-2-3-5-11(9)19-14/h2-7,10,16H,8H2,1H3.